The summed E-state index contributed by atoms with van der Waals surface area (Å²) in [7, 11) is -3.10. The number of nitrogens with one attached hydrogen (secondary N) is 2. The highest BCUT2D eigenvalue weighted by atomic mass is 35.5. The zero-order chi connectivity index (χ0) is 21.3. The maximum absolute atomic E-state index is 14.2. The number of anilines is 1. The second kappa shape index (κ2) is 8.37. The Balaban J connectivity index is 1.61. The Kier molecular flexibility index (Phi) is 5.81. The molecule has 0 spiro atoms. The largest absolute Gasteiger partial charge is 0.361 e. The van der Waals surface area contributed by atoms with E-state index >= 15 is 0 Å². The highest BCUT2D eigenvalue weighted by molar-refractivity contribution is 7.91. The van der Waals surface area contributed by atoms with Gasteiger partial charge < -0.3 is 10.3 Å². The molecule has 1 fully saturated rings. The fraction of sp³-hybridized carbons (Fsp3) is 0.286. The van der Waals surface area contributed by atoms with Crippen LogP contribution >= 0.6 is 11.6 Å². The van der Waals surface area contributed by atoms with Gasteiger partial charge in [-0.1, -0.05) is 29.8 Å². The molecule has 1 aliphatic heterocycles. The number of amides is 1. The summed E-state index contributed by atoms with van der Waals surface area (Å²) in [5.74, 6) is -1.01. The predicted molar refractivity (Wildman–Crippen MR) is 116 cm³/mol. The fourth-order valence-electron chi connectivity index (χ4n) is 3.74. The summed E-state index contributed by atoms with van der Waals surface area (Å²) in [4.78, 5) is 18.2. The van der Waals surface area contributed by atoms with E-state index < -0.39 is 21.7 Å². The number of carbonyl (C=O) groups is 1. The van der Waals surface area contributed by atoms with E-state index in [1.807, 2.05) is 35.4 Å². The van der Waals surface area contributed by atoms with E-state index in [9.17, 15) is 17.6 Å². The quantitative estimate of drug-likeness (QED) is 0.626. The lowest BCUT2D eigenvalue weighted by Gasteiger charge is -2.33. The number of aromatic amines is 1. The lowest BCUT2D eigenvalue weighted by atomic mass is 10.0. The van der Waals surface area contributed by atoms with E-state index in [0.717, 1.165) is 22.5 Å². The van der Waals surface area contributed by atoms with Crippen molar-refractivity contribution in [2.24, 2.45) is 0 Å². The van der Waals surface area contributed by atoms with Crippen LogP contribution in [0.4, 0.5) is 10.1 Å². The first kappa shape index (κ1) is 20.8. The van der Waals surface area contributed by atoms with Crippen LogP contribution in [-0.2, 0) is 21.1 Å². The van der Waals surface area contributed by atoms with Crippen LogP contribution in [0.5, 0.6) is 0 Å². The average Bonchev–Trinajstić information content (AvgIpc) is 3.11. The van der Waals surface area contributed by atoms with Crippen LogP contribution in [0, 0.1) is 5.82 Å². The van der Waals surface area contributed by atoms with Gasteiger partial charge in [0.1, 0.15) is 5.82 Å². The Morgan fingerprint density at radius 2 is 1.93 bits per heavy atom. The lowest BCUT2D eigenvalue weighted by Crippen LogP contribution is -2.51. The molecule has 1 aromatic heterocycles. The summed E-state index contributed by atoms with van der Waals surface area (Å²) in [6.45, 7) is 0.512. The second-order valence-electron chi connectivity index (χ2n) is 7.38. The summed E-state index contributed by atoms with van der Waals surface area (Å²) >= 11 is 5.79. The molecule has 2 heterocycles. The number of benzene rings is 2. The Hall–Kier alpha value is -2.42. The molecule has 2 aromatic carbocycles. The molecule has 2 N–H and O–H groups in total. The molecule has 1 amide bonds. The smallest absolute Gasteiger partial charge is 0.242 e. The zero-order valence-corrected chi connectivity index (χ0v) is 17.6. The monoisotopic (exact) mass is 449 g/mol. The van der Waals surface area contributed by atoms with Crippen molar-refractivity contribution < 1.29 is 17.6 Å². The third-order valence-corrected chi connectivity index (χ3v) is 7.24. The molecule has 0 bridgehead atoms. The van der Waals surface area contributed by atoms with Crippen LogP contribution in [0.25, 0.3) is 10.9 Å². The van der Waals surface area contributed by atoms with Crippen molar-refractivity contribution in [3.05, 3.63) is 65.1 Å². The molecule has 158 valence electrons. The molecule has 0 unspecified atom stereocenters. The van der Waals surface area contributed by atoms with E-state index in [-0.39, 0.29) is 41.2 Å². The summed E-state index contributed by atoms with van der Waals surface area (Å²) in [5, 5.41) is 3.88. The normalized spacial score (nSPS) is 17.7. The van der Waals surface area contributed by atoms with Gasteiger partial charge in [-0.2, -0.15) is 0 Å². The molecule has 0 radical (unpaired) electrons. The van der Waals surface area contributed by atoms with Gasteiger partial charge in [-0.25, -0.2) is 12.8 Å². The molecule has 0 saturated carbocycles. The van der Waals surface area contributed by atoms with Crippen molar-refractivity contribution in [3.63, 3.8) is 0 Å². The van der Waals surface area contributed by atoms with Gasteiger partial charge in [-0.15, -0.1) is 0 Å². The summed E-state index contributed by atoms with van der Waals surface area (Å²) in [6.07, 6.45) is 2.22. The lowest BCUT2D eigenvalue weighted by molar-refractivity contribution is -0.121. The van der Waals surface area contributed by atoms with Crippen LogP contribution in [0.2, 0.25) is 5.02 Å². The Labute approximate surface area is 178 Å². The van der Waals surface area contributed by atoms with E-state index in [1.165, 1.54) is 12.1 Å². The van der Waals surface area contributed by atoms with E-state index in [4.69, 9.17) is 11.6 Å². The number of para-hydroxylation sites is 1. The molecule has 4 rings (SSSR count). The highest BCUT2D eigenvalue weighted by Gasteiger charge is 2.32. The van der Waals surface area contributed by atoms with E-state index in [2.05, 4.69) is 10.3 Å². The van der Waals surface area contributed by atoms with Crippen LogP contribution in [0.3, 0.4) is 0 Å². The number of hydrogen-bond acceptors (Lipinski definition) is 4. The van der Waals surface area contributed by atoms with Gasteiger partial charge in [0.15, 0.2) is 9.84 Å². The molecule has 1 atom stereocenters. The standard InChI is InChI=1S/C21H21ClFN3O3S/c22-15-5-6-19(17(23)12-15)25-21(27)20(26-7-9-30(28,29)10-8-26)11-14-13-24-18-4-2-1-3-16(14)18/h1-6,12-13,20,24H,7-11H2,(H,25,27)/t20-/m1/s1. The molecule has 6 nitrogen and oxygen atoms in total. The zero-order valence-electron chi connectivity index (χ0n) is 16.1. The molecule has 9 heteroatoms. The van der Waals surface area contributed by atoms with Crippen LogP contribution in [0.15, 0.2) is 48.7 Å². The minimum atomic E-state index is -3.10. The van der Waals surface area contributed by atoms with E-state index in [1.54, 1.807) is 0 Å². The van der Waals surface area contributed by atoms with Gasteiger partial charge in [-0.05, 0) is 36.2 Å². The second-order valence-corrected chi connectivity index (χ2v) is 10.1. The van der Waals surface area contributed by atoms with Crippen molar-refractivity contribution in [1.29, 1.82) is 0 Å². The van der Waals surface area contributed by atoms with Crippen molar-refractivity contribution in [2.45, 2.75) is 12.5 Å². The molecule has 1 saturated heterocycles. The van der Waals surface area contributed by atoms with Gasteiger partial charge >= 0.3 is 0 Å². The topological polar surface area (TPSA) is 82.3 Å². The van der Waals surface area contributed by atoms with Gasteiger partial charge in [0, 0.05) is 35.2 Å². The Morgan fingerprint density at radius 3 is 2.67 bits per heavy atom. The highest BCUT2D eigenvalue weighted by Crippen LogP contribution is 2.24. The number of sulfone groups is 1. The van der Waals surface area contributed by atoms with Gasteiger partial charge in [0.05, 0.1) is 23.2 Å². The van der Waals surface area contributed by atoms with Gasteiger partial charge in [-0.3, -0.25) is 9.69 Å². The molecular weight excluding hydrogens is 429 g/mol. The van der Waals surface area contributed by atoms with Crippen LogP contribution in [-0.4, -0.2) is 54.8 Å². The van der Waals surface area contributed by atoms with Crippen molar-refractivity contribution in [1.82, 2.24) is 9.88 Å². The summed E-state index contributed by atoms with van der Waals surface area (Å²) in [5.41, 5.74) is 1.94. The molecule has 3 aromatic rings. The minimum absolute atomic E-state index is 0.0000291. The van der Waals surface area contributed by atoms with Crippen LogP contribution < -0.4 is 5.32 Å². The number of aromatic nitrogens is 1. The number of halogens is 2. The van der Waals surface area contributed by atoms with Crippen molar-refractivity contribution in [2.75, 3.05) is 29.9 Å². The maximum atomic E-state index is 14.2. The number of rotatable bonds is 5. The number of nitrogens with zero attached hydrogens (tertiary/aromatic N) is 1. The number of carbonyl (C=O) groups excluding carboxylic acids is 1. The first-order valence-corrected chi connectivity index (χ1v) is 11.8. The first-order chi connectivity index (χ1) is 14.3. The van der Waals surface area contributed by atoms with Crippen molar-refractivity contribution in [3.8, 4) is 0 Å². The maximum Gasteiger partial charge on any atom is 0.242 e. The Bertz CT molecular complexity index is 1180. The van der Waals surface area contributed by atoms with Gasteiger partial charge in [0.2, 0.25) is 5.91 Å². The third-order valence-electron chi connectivity index (χ3n) is 5.40. The fourth-order valence-corrected chi connectivity index (χ4v) is 5.13. The van der Waals surface area contributed by atoms with Crippen molar-refractivity contribution >= 4 is 43.9 Å². The SMILES string of the molecule is O=C(Nc1ccc(Cl)cc1F)[C@@H](Cc1c[nH]c2ccccc12)N1CCS(=O)(=O)CC1. The molecule has 1 aliphatic rings. The summed E-state index contributed by atoms with van der Waals surface area (Å²) < 4.78 is 37.9. The number of fused-ring (bicyclic) bond motifs is 1. The summed E-state index contributed by atoms with van der Waals surface area (Å²) in [6, 6.07) is 11.2. The Morgan fingerprint density at radius 1 is 1.20 bits per heavy atom. The minimum Gasteiger partial charge on any atom is -0.361 e. The molecule has 30 heavy (non-hydrogen) atoms. The molecule has 0 aliphatic carbocycles. The van der Waals surface area contributed by atoms with Crippen LogP contribution in [0.1, 0.15) is 5.56 Å². The number of hydrogen-bond donors (Lipinski definition) is 2. The third kappa shape index (κ3) is 4.50. The van der Waals surface area contributed by atoms with Gasteiger partial charge in [0.25, 0.3) is 0 Å². The molecular formula is C21H21ClFN3O3S. The van der Waals surface area contributed by atoms with E-state index in [0.29, 0.717) is 6.42 Å². The first-order valence-electron chi connectivity index (χ1n) is 9.58. The average molecular weight is 450 g/mol. The number of H-pyrrole nitrogens is 1. The predicted octanol–water partition coefficient (Wildman–Crippen LogP) is 3.24.